The first-order valence-corrected chi connectivity index (χ1v) is 3.42. The maximum Gasteiger partial charge on any atom is 0.337 e. The summed E-state index contributed by atoms with van der Waals surface area (Å²) in [6.07, 6.45) is 5.30. The summed E-state index contributed by atoms with van der Waals surface area (Å²) in [6.45, 7) is 0. The number of carbonyl (C=O) groups is 1. The van der Waals surface area contributed by atoms with Crippen LogP contribution in [0.2, 0.25) is 0 Å². The van der Waals surface area contributed by atoms with E-state index in [4.69, 9.17) is 4.74 Å². The molecule has 1 rings (SSSR count). The Morgan fingerprint density at radius 3 is 2.57 bits per heavy atom. The van der Waals surface area contributed by atoms with E-state index in [1.165, 1.54) is 14.2 Å². The van der Waals surface area contributed by atoms with Gasteiger partial charge < -0.3 is 33.5 Å². The molecule has 73 valence electrons. The quantitative estimate of drug-likeness (QED) is 0.248. The molecule has 1 aliphatic rings. The van der Waals surface area contributed by atoms with Gasteiger partial charge in [-0.05, 0) is 18.2 Å². The molecule has 0 N–H and O–H groups in total. The van der Waals surface area contributed by atoms with Crippen molar-refractivity contribution in [1.82, 2.24) is 0 Å². The van der Waals surface area contributed by atoms with Crippen LogP contribution in [0.15, 0.2) is 29.5 Å². The summed E-state index contributed by atoms with van der Waals surface area (Å²) >= 11 is 0. The molecule has 0 saturated carbocycles. The van der Waals surface area contributed by atoms with E-state index in [2.05, 4.69) is 10.5 Å². The van der Waals surface area contributed by atoms with Crippen LogP contribution in [0.3, 0.4) is 0 Å². The van der Waals surface area contributed by atoms with E-state index in [1.54, 1.807) is 18.2 Å². The van der Waals surface area contributed by atoms with Gasteiger partial charge in [-0.1, -0.05) is 0 Å². The van der Waals surface area contributed by atoms with E-state index < -0.39 is 5.97 Å². The standard InChI is InChI=1S/C9H9O3.HI.Zn/c1-11-8-6-4-3-5-7(8)9(10)12-2;;/h3,5-6H,1-2H3;1H;/p-1. The number of carbonyl (C=O) groups excluding carboxylic acids is 1. The van der Waals surface area contributed by atoms with Crippen LogP contribution in [-0.4, -0.2) is 20.2 Å². The molecule has 1 radical (unpaired) electrons. The molecule has 0 aromatic carbocycles. The van der Waals surface area contributed by atoms with Crippen LogP contribution in [0.4, 0.5) is 0 Å². The normalized spacial score (nSPS) is 13.7. The fraction of sp³-hybridized carbons (Fsp3) is 0.222. The second kappa shape index (κ2) is 8.36. The maximum atomic E-state index is 11.1. The summed E-state index contributed by atoms with van der Waals surface area (Å²) in [5.41, 5.74) is 3.21. The Morgan fingerprint density at radius 2 is 2.07 bits per heavy atom. The van der Waals surface area contributed by atoms with Crippen LogP contribution in [0, 0.1) is 6.10 Å². The molecule has 0 aromatic heterocycles. The maximum absolute atomic E-state index is 11.1. The number of halogens is 1. The number of rotatable bonds is 2. The summed E-state index contributed by atoms with van der Waals surface area (Å²) in [6, 6.07) is 0. The third-order valence-electron chi connectivity index (χ3n) is 1.45. The van der Waals surface area contributed by atoms with Gasteiger partial charge in [0.15, 0.2) is 6.10 Å². The number of methoxy groups -OCH3 is 2. The fourth-order valence-electron chi connectivity index (χ4n) is 0.863. The Labute approximate surface area is 113 Å². The summed E-state index contributed by atoms with van der Waals surface area (Å²) in [7, 11) is 2.83. The molecular weight excluding hydrogens is 348 g/mol. The number of allylic oxidation sites excluding steroid dienone is 1. The van der Waals surface area contributed by atoms with Gasteiger partial charge in [0.2, 0.25) is 0 Å². The van der Waals surface area contributed by atoms with E-state index in [0.717, 1.165) is 0 Å². The van der Waals surface area contributed by atoms with E-state index in [0.29, 0.717) is 11.7 Å². The van der Waals surface area contributed by atoms with E-state index in [9.17, 15) is 4.79 Å². The molecule has 0 aromatic rings. The van der Waals surface area contributed by atoms with Gasteiger partial charge in [-0.2, -0.15) is 0 Å². The van der Waals surface area contributed by atoms with Crippen LogP contribution in [0.5, 0.6) is 0 Å². The van der Waals surface area contributed by atoms with E-state index in [-0.39, 0.29) is 43.5 Å². The zero-order chi connectivity index (χ0) is 8.97. The molecule has 3 nitrogen and oxygen atoms in total. The molecule has 5 heteroatoms. The van der Waals surface area contributed by atoms with Gasteiger partial charge in [0.05, 0.1) is 12.7 Å². The van der Waals surface area contributed by atoms with Crippen molar-refractivity contribution in [3.8, 4) is 0 Å². The Bertz CT molecular complexity index is 280. The largest absolute Gasteiger partial charge is 1.00 e. The molecule has 14 heavy (non-hydrogen) atoms. The molecule has 0 unspecified atom stereocenters. The van der Waals surface area contributed by atoms with Gasteiger partial charge in [0, 0.05) is 26.6 Å². The van der Waals surface area contributed by atoms with Crippen molar-refractivity contribution < 1.29 is 57.7 Å². The Kier molecular flexibility index (Phi) is 9.84. The first-order valence-electron chi connectivity index (χ1n) is 3.42. The average Bonchev–Trinajstić information content (AvgIpc) is 2.16. The van der Waals surface area contributed by atoms with Gasteiger partial charge in [-0.3, -0.25) is 0 Å². The van der Waals surface area contributed by atoms with Crippen molar-refractivity contribution in [3.63, 3.8) is 0 Å². The van der Waals surface area contributed by atoms with Crippen molar-refractivity contribution in [1.29, 1.82) is 0 Å². The zero-order valence-corrected chi connectivity index (χ0v) is 13.2. The number of hydrogen-bond donors (Lipinski definition) is 0. The monoisotopic (exact) mass is 356 g/mol. The molecule has 0 heterocycles. The predicted molar refractivity (Wildman–Crippen MR) is 43.0 cm³/mol. The van der Waals surface area contributed by atoms with Crippen molar-refractivity contribution in [2.75, 3.05) is 14.2 Å². The first-order chi connectivity index (χ1) is 5.79. The van der Waals surface area contributed by atoms with Gasteiger partial charge in [-0.25, -0.2) is 4.79 Å². The molecule has 0 atom stereocenters. The van der Waals surface area contributed by atoms with Crippen LogP contribution in [0.25, 0.3) is 0 Å². The number of hydrogen-bond acceptors (Lipinski definition) is 3. The molecular formula is C9H9IO3Zn-. The minimum atomic E-state index is -0.402. The third kappa shape index (κ3) is 4.05. The summed E-state index contributed by atoms with van der Waals surface area (Å²) < 4.78 is 9.48. The summed E-state index contributed by atoms with van der Waals surface area (Å²) in [5, 5.41) is 0. The minimum absolute atomic E-state index is 0. The van der Waals surface area contributed by atoms with Crippen LogP contribution in [-0.2, 0) is 33.7 Å². The predicted octanol–water partition coefficient (Wildman–Crippen LogP) is -2.01. The topological polar surface area (TPSA) is 35.5 Å². The van der Waals surface area contributed by atoms with Gasteiger partial charge in [-0.15, -0.1) is 5.73 Å². The van der Waals surface area contributed by atoms with Crippen LogP contribution < -0.4 is 24.0 Å². The molecule has 0 amide bonds. The minimum Gasteiger partial charge on any atom is -1.00 e. The first kappa shape index (κ1) is 16.5. The Balaban J connectivity index is 0. The Morgan fingerprint density at radius 1 is 1.43 bits per heavy atom. The SMILES string of the molecule is CO[C]1C=C=CC=C1C(=O)OC.[I-].[Zn]. The van der Waals surface area contributed by atoms with Crippen molar-refractivity contribution in [2.45, 2.75) is 0 Å². The van der Waals surface area contributed by atoms with Gasteiger partial charge in [0.1, 0.15) is 0 Å². The third-order valence-corrected chi connectivity index (χ3v) is 1.45. The van der Waals surface area contributed by atoms with Crippen LogP contribution in [0.1, 0.15) is 0 Å². The van der Waals surface area contributed by atoms with Crippen molar-refractivity contribution in [2.24, 2.45) is 0 Å². The fourth-order valence-corrected chi connectivity index (χ4v) is 0.863. The Hall–Kier alpha value is 0.0434. The molecule has 0 spiro atoms. The second-order valence-electron chi connectivity index (χ2n) is 2.12. The van der Waals surface area contributed by atoms with Gasteiger partial charge in [0.25, 0.3) is 0 Å². The van der Waals surface area contributed by atoms with Crippen molar-refractivity contribution >= 4 is 5.97 Å². The van der Waals surface area contributed by atoms with Crippen LogP contribution >= 0.6 is 0 Å². The van der Waals surface area contributed by atoms with Crippen molar-refractivity contribution in [3.05, 3.63) is 35.6 Å². The van der Waals surface area contributed by atoms with E-state index in [1.807, 2.05) is 0 Å². The zero-order valence-electron chi connectivity index (χ0n) is 8.04. The summed E-state index contributed by atoms with van der Waals surface area (Å²) in [4.78, 5) is 11.1. The number of ether oxygens (including phenoxy) is 2. The number of esters is 1. The average molecular weight is 357 g/mol. The summed E-state index contributed by atoms with van der Waals surface area (Å²) in [5.74, 6) is -0.402. The van der Waals surface area contributed by atoms with E-state index >= 15 is 0 Å². The molecule has 0 saturated heterocycles. The smallest absolute Gasteiger partial charge is 0.337 e. The second-order valence-corrected chi connectivity index (χ2v) is 2.12. The molecule has 0 aliphatic heterocycles. The molecule has 0 bridgehead atoms. The molecule has 0 fully saturated rings. The molecule has 1 aliphatic carbocycles. The van der Waals surface area contributed by atoms with Gasteiger partial charge >= 0.3 is 5.97 Å².